The summed E-state index contributed by atoms with van der Waals surface area (Å²) in [4.78, 5) is 13.1. The van der Waals surface area contributed by atoms with E-state index in [1.807, 2.05) is 6.08 Å². The topological polar surface area (TPSA) is 192 Å². The molecule has 0 spiro atoms. The van der Waals surface area contributed by atoms with Gasteiger partial charge in [0.05, 0.1) is 25.4 Å². The van der Waals surface area contributed by atoms with Crippen LogP contribution in [-0.2, 0) is 28.9 Å². The second kappa shape index (κ2) is 43.8. The smallest absolute Gasteiger partial charge is 0.394 e. The molecule has 12 nitrogen and oxygen atoms in total. The summed E-state index contributed by atoms with van der Waals surface area (Å²) in [5.74, 6) is -0.259. The summed E-state index contributed by atoms with van der Waals surface area (Å²) in [6.45, 7) is 3.39. The van der Waals surface area contributed by atoms with E-state index in [1.54, 1.807) is 6.08 Å². The van der Waals surface area contributed by atoms with Gasteiger partial charge in [-0.1, -0.05) is 251 Å². The van der Waals surface area contributed by atoms with Gasteiger partial charge >= 0.3 is 10.4 Å². The van der Waals surface area contributed by atoms with E-state index < -0.39 is 59.9 Å². The fourth-order valence-electron chi connectivity index (χ4n) is 9.05. The summed E-state index contributed by atoms with van der Waals surface area (Å²) in [6.07, 6.45) is 42.9. The Hall–Kier alpha value is -1.16. The molecule has 0 aliphatic carbocycles. The van der Waals surface area contributed by atoms with E-state index in [4.69, 9.17) is 9.47 Å². The molecule has 1 rings (SSSR count). The maximum atomic E-state index is 13.1. The molecule has 1 aliphatic rings. The second-order valence-corrected chi connectivity index (χ2v) is 20.6. The molecule has 1 fully saturated rings. The van der Waals surface area contributed by atoms with Crippen molar-refractivity contribution in [3.8, 4) is 0 Å². The number of carbonyl (C=O) groups is 1. The number of nitrogens with one attached hydrogen (secondary N) is 1. The highest BCUT2D eigenvalue weighted by Gasteiger charge is 2.48. The fraction of sp³-hybridized carbons (Fsp3) is 0.943. The molecule has 1 amide bonds. The Bertz CT molecular complexity index is 1220. The summed E-state index contributed by atoms with van der Waals surface area (Å²) < 4.78 is 47.6. The van der Waals surface area contributed by atoms with Crippen LogP contribution in [0.3, 0.4) is 0 Å². The van der Waals surface area contributed by atoms with E-state index in [2.05, 4.69) is 23.3 Å². The second-order valence-electron chi connectivity index (χ2n) is 19.5. The zero-order chi connectivity index (χ0) is 48.4. The van der Waals surface area contributed by atoms with Gasteiger partial charge in [0.15, 0.2) is 6.29 Å². The average molecular weight is 962 g/mol. The Labute approximate surface area is 404 Å². The van der Waals surface area contributed by atoms with Crippen LogP contribution in [0.15, 0.2) is 12.2 Å². The zero-order valence-electron chi connectivity index (χ0n) is 42.3. The molecule has 7 unspecified atom stereocenters. The minimum atomic E-state index is -5.08. The normalized spacial score (nSPS) is 20.0. The van der Waals surface area contributed by atoms with Crippen LogP contribution in [0.1, 0.15) is 264 Å². The summed E-state index contributed by atoms with van der Waals surface area (Å²) in [7, 11) is -5.08. The molecule has 0 aromatic carbocycles. The number of unbranched alkanes of at least 4 members (excludes halogenated alkanes) is 36. The van der Waals surface area contributed by atoms with Crippen molar-refractivity contribution in [2.75, 3.05) is 13.2 Å². The Balaban J connectivity index is 2.23. The number of hydrogen-bond acceptors (Lipinski definition) is 10. The third-order valence-corrected chi connectivity index (χ3v) is 13.8. The molecule has 392 valence electrons. The minimum absolute atomic E-state index is 0.259. The number of ether oxygens (including phenoxy) is 2. The lowest BCUT2D eigenvalue weighted by Crippen LogP contribution is -2.61. The molecule has 7 atom stereocenters. The minimum Gasteiger partial charge on any atom is -0.394 e. The van der Waals surface area contributed by atoms with E-state index in [1.165, 1.54) is 199 Å². The standard InChI is InChI=1S/C53H103NO11S/c1-3-5-7-9-11-13-15-16-17-18-19-20-21-22-23-24-25-26-27-28-29-30-31-32-33-35-37-39-41-43-49(57)54-46(47(56)42-40-38-36-34-14-12-10-8-6-4-2)45-63-53-51(59)52(65-66(60,61)62)50(58)48(44-55)64-53/h40,42,46-48,50-53,55-56,58-59H,3-39,41,43-45H2,1-2H3,(H,54,57)(H,60,61,62)/b42-40+. The van der Waals surface area contributed by atoms with Crippen LogP contribution >= 0.6 is 0 Å². The number of hydrogen-bond donors (Lipinski definition) is 6. The highest BCUT2D eigenvalue weighted by atomic mass is 32.3. The van der Waals surface area contributed by atoms with Gasteiger partial charge in [0.2, 0.25) is 5.91 Å². The molecular weight excluding hydrogens is 859 g/mol. The first-order valence-electron chi connectivity index (χ1n) is 27.6. The Morgan fingerprint density at radius 1 is 0.591 bits per heavy atom. The first-order valence-corrected chi connectivity index (χ1v) is 28.9. The highest BCUT2D eigenvalue weighted by molar-refractivity contribution is 7.80. The number of aliphatic hydroxyl groups is 4. The summed E-state index contributed by atoms with van der Waals surface area (Å²) >= 11 is 0. The van der Waals surface area contributed by atoms with E-state index in [0.29, 0.717) is 6.42 Å². The van der Waals surface area contributed by atoms with Gasteiger partial charge in [-0.25, -0.2) is 4.18 Å². The summed E-state index contributed by atoms with van der Waals surface area (Å²) in [5, 5.41) is 44.7. The summed E-state index contributed by atoms with van der Waals surface area (Å²) in [6, 6.07) is -0.938. The van der Waals surface area contributed by atoms with Crippen LogP contribution in [0.2, 0.25) is 0 Å². The average Bonchev–Trinajstić information content (AvgIpc) is 3.29. The third kappa shape index (κ3) is 35.9. The molecule has 66 heavy (non-hydrogen) atoms. The molecule has 1 saturated heterocycles. The van der Waals surface area contributed by atoms with Crippen LogP contribution in [0.25, 0.3) is 0 Å². The first kappa shape index (κ1) is 62.9. The molecular formula is C53H103NO11S. The molecule has 1 aliphatic heterocycles. The van der Waals surface area contributed by atoms with Gasteiger partial charge in [-0.3, -0.25) is 9.35 Å². The monoisotopic (exact) mass is 962 g/mol. The van der Waals surface area contributed by atoms with Crippen LogP contribution in [0, 0.1) is 0 Å². The van der Waals surface area contributed by atoms with Crippen molar-refractivity contribution in [1.82, 2.24) is 5.32 Å². The molecule has 0 aromatic heterocycles. The lowest BCUT2D eigenvalue weighted by Gasteiger charge is -2.41. The predicted molar refractivity (Wildman–Crippen MR) is 269 cm³/mol. The quantitative estimate of drug-likeness (QED) is 0.0193. The molecule has 6 N–H and O–H groups in total. The number of aliphatic hydroxyl groups excluding tert-OH is 4. The molecule has 1 heterocycles. The van der Waals surface area contributed by atoms with Crippen molar-refractivity contribution in [3.63, 3.8) is 0 Å². The Kier molecular flexibility index (Phi) is 41.7. The molecule has 0 saturated carbocycles. The third-order valence-electron chi connectivity index (χ3n) is 13.3. The van der Waals surface area contributed by atoms with Crippen LogP contribution in [-0.4, -0.2) is 95.4 Å². The van der Waals surface area contributed by atoms with Gasteiger partial charge in [0.1, 0.15) is 24.4 Å². The highest BCUT2D eigenvalue weighted by Crippen LogP contribution is 2.26. The van der Waals surface area contributed by atoms with Crippen LogP contribution in [0.4, 0.5) is 0 Å². The molecule has 13 heteroatoms. The molecule has 0 radical (unpaired) electrons. The fourth-order valence-corrected chi connectivity index (χ4v) is 9.55. The summed E-state index contributed by atoms with van der Waals surface area (Å²) in [5.41, 5.74) is 0. The van der Waals surface area contributed by atoms with E-state index in [9.17, 15) is 38.2 Å². The molecule has 0 aromatic rings. The predicted octanol–water partition coefficient (Wildman–Crippen LogP) is 12.3. The van der Waals surface area contributed by atoms with Gasteiger partial charge in [0, 0.05) is 6.42 Å². The number of rotatable bonds is 48. The van der Waals surface area contributed by atoms with E-state index >= 15 is 0 Å². The van der Waals surface area contributed by atoms with E-state index in [-0.39, 0.29) is 18.9 Å². The lowest BCUT2D eigenvalue weighted by atomic mass is 9.99. The maximum absolute atomic E-state index is 13.1. The molecule has 0 bridgehead atoms. The van der Waals surface area contributed by atoms with Crippen molar-refractivity contribution >= 4 is 16.3 Å². The van der Waals surface area contributed by atoms with Crippen LogP contribution < -0.4 is 5.32 Å². The number of carbonyl (C=O) groups excluding carboxylic acids is 1. The van der Waals surface area contributed by atoms with Crippen molar-refractivity contribution in [1.29, 1.82) is 0 Å². The van der Waals surface area contributed by atoms with Gasteiger partial charge in [0.25, 0.3) is 0 Å². The van der Waals surface area contributed by atoms with Gasteiger partial charge in [-0.15, -0.1) is 0 Å². The van der Waals surface area contributed by atoms with Crippen molar-refractivity contribution in [2.45, 2.75) is 307 Å². The SMILES string of the molecule is CCCCCCCCCC/C=C/C(O)C(COC1OC(CO)C(O)C(OS(=O)(=O)O)C1O)NC(=O)CCCCCCCCCCCCCCCCCCCCCCCCCCCCCCC. The van der Waals surface area contributed by atoms with Crippen molar-refractivity contribution < 1.29 is 51.8 Å². The van der Waals surface area contributed by atoms with E-state index in [0.717, 1.165) is 38.5 Å². The Morgan fingerprint density at radius 3 is 1.32 bits per heavy atom. The lowest BCUT2D eigenvalue weighted by molar-refractivity contribution is -0.298. The van der Waals surface area contributed by atoms with Gasteiger partial charge in [-0.05, 0) is 19.3 Å². The van der Waals surface area contributed by atoms with Gasteiger partial charge in [-0.2, -0.15) is 8.42 Å². The maximum Gasteiger partial charge on any atom is 0.397 e. The van der Waals surface area contributed by atoms with Crippen molar-refractivity contribution in [3.05, 3.63) is 12.2 Å². The number of allylic oxidation sites excluding steroid dienone is 1. The van der Waals surface area contributed by atoms with Gasteiger partial charge < -0.3 is 35.2 Å². The first-order chi connectivity index (χ1) is 32.0. The van der Waals surface area contributed by atoms with Crippen molar-refractivity contribution in [2.24, 2.45) is 0 Å². The Morgan fingerprint density at radius 2 is 0.955 bits per heavy atom. The largest absolute Gasteiger partial charge is 0.397 e. The van der Waals surface area contributed by atoms with Crippen LogP contribution in [0.5, 0.6) is 0 Å². The zero-order valence-corrected chi connectivity index (χ0v) is 43.1. The number of amides is 1.